The van der Waals surface area contributed by atoms with Crippen molar-refractivity contribution in [3.63, 3.8) is 0 Å². The zero-order chi connectivity index (χ0) is 20.5. The SMILES string of the molecule is Cc1ccc(NC(=O)N(C2=NCC(C)S2)c2cccc(C(F)(F)F)c2)cc1C. The molecule has 0 bridgehead atoms. The summed E-state index contributed by atoms with van der Waals surface area (Å²) in [5.41, 5.74) is 1.96. The third kappa shape index (κ3) is 4.49. The average molecular weight is 407 g/mol. The topological polar surface area (TPSA) is 44.7 Å². The Hall–Kier alpha value is -2.48. The van der Waals surface area contributed by atoms with Gasteiger partial charge in [-0.05, 0) is 55.3 Å². The fourth-order valence-electron chi connectivity index (χ4n) is 2.72. The molecule has 1 atom stereocenters. The van der Waals surface area contributed by atoms with E-state index in [2.05, 4.69) is 10.3 Å². The number of urea groups is 1. The van der Waals surface area contributed by atoms with Crippen LogP contribution in [0.2, 0.25) is 0 Å². The molecule has 1 aliphatic rings. The van der Waals surface area contributed by atoms with Crippen LogP contribution < -0.4 is 10.2 Å². The van der Waals surface area contributed by atoms with Gasteiger partial charge in [0.25, 0.3) is 0 Å². The zero-order valence-corrected chi connectivity index (χ0v) is 16.5. The van der Waals surface area contributed by atoms with Crippen LogP contribution in [0.25, 0.3) is 0 Å². The molecule has 0 saturated carbocycles. The van der Waals surface area contributed by atoms with Crippen molar-refractivity contribution in [3.05, 3.63) is 59.2 Å². The molecule has 0 saturated heterocycles. The number of hydrogen-bond donors (Lipinski definition) is 1. The van der Waals surface area contributed by atoms with Gasteiger partial charge in [-0.15, -0.1) is 0 Å². The second-order valence-corrected chi connectivity index (χ2v) is 8.07. The predicted molar refractivity (Wildman–Crippen MR) is 108 cm³/mol. The average Bonchev–Trinajstić information content (AvgIpc) is 3.04. The predicted octanol–water partition coefficient (Wildman–Crippen LogP) is 5.85. The Labute approximate surface area is 165 Å². The molecule has 1 aliphatic heterocycles. The molecule has 0 aliphatic carbocycles. The third-order valence-electron chi connectivity index (χ3n) is 4.37. The van der Waals surface area contributed by atoms with Crippen molar-refractivity contribution in [3.8, 4) is 0 Å². The van der Waals surface area contributed by atoms with Crippen LogP contribution in [0.1, 0.15) is 23.6 Å². The first-order valence-corrected chi connectivity index (χ1v) is 9.60. The molecule has 3 rings (SSSR count). The van der Waals surface area contributed by atoms with Gasteiger partial charge >= 0.3 is 12.2 Å². The Balaban J connectivity index is 1.95. The summed E-state index contributed by atoms with van der Waals surface area (Å²) in [7, 11) is 0. The van der Waals surface area contributed by atoms with Crippen molar-refractivity contribution < 1.29 is 18.0 Å². The van der Waals surface area contributed by atoms with E-state index in [-0.39, 0.29) is 10.9 Å². The maximum Gasteiger partial charge on any atom is 0.416 e. The molecule has 1 N–H and O–H groups in total. The fraction of sp³-hybridized carbons (Fsp3) is 0.300. The van der Waals surface area contributed by atoms with Gasteiger partial charge in [-0.25, -0.2) is 9.69 Å². The summed E-state index contributed by atoms with van der Waals surface area (Å²) in [6.45, 7) is 6.34. The minimum absolute atomic E-state index is 0.122. The van der Waals surface area contributed by atoms with Gasteiger partial charge in [0, 0.05) is 10.9 Å². The van der Waals surface area contributed by atoms with E-state index >= 15 is 0 Å². The van der Waals surface area contributed by atoms with E-state index in [1.165, 1.54) is 28.8 Å². The van der Waals surface area contributed by atoms with Crippen LogP contribution in [0.4, 0.5) is 29.3 Å². The summed E-state index contributed by atoms with van der Waals surface area (Å²) in [6.07, 6.45) is -4.50. The number of nitrogens with one attached hydrogen (secondary N) is 1. The molecule has 2 aromatic rings. The normalized spacial score (nSPS) is 16.6. The number of hydrogen-bond acceptors (Lipinski definition) is 3. The molecular formula is C20H20F3N3OS. The lowest BCUT2D eigenvalue weighted by atomic mass is 10.1. The number of carbonyl (C=O) groups excluding carboxylic acids is 1. The number of anilines is 2. The second-order valence-electron chi connectivity index (χ2n) is 6.66. The first-order valence-electron chi connectivity index (χ1n) is 8.72. The van der Waals surface area contributed by atoms with Crippen molar-refractivity contribution in [2.24, 2.45) is 4.99 Å². The van der Waals surface area contributed by atoms with Gasteiger partial charge in [-0.1, -0.05) is 30.8 Å². The van der Waals surface area contributed by atoms with Gasteiger partial charge in [0.15, 0.2) is 5.17 Å². The molecule has 0 spiro atoms. The lowest BCUT2D eigenvalue weighted by molar-refractivity contribution is -0.137. The van der Waals surface area contributed by atoms with Crippen LogP contribution >= 0.6 is 11.8 Å². The van der Waals surface area contributed by atoms with Gasteiger partial charge in [0.2, 0.25) is 0 Å². The van der Waals surface area contributed by atoms with Gasteiger partial charge in [0.05, 0.1) is 17.8 Å². The summed E-state index contributed by atoms with van der Waals surface area (Å²) >= 11 is 1.36. The molecule has 4 nitrogen and oxygen atoms in total. The highest BCUT2D eigenvalue weighted by Crippen LogP contribution is 2.34. The number of carbonyl (C=O) groups is 1. The van der Waals surface area contributed by atoms with Crippen LogP contribution in [0.5, 0.6) is 0 Å². The number of alkyl halides is 3. The Bertz CT molecular complexity index is 927. The van der Waals surface area contributed by atoms with E-state index in [9.17, 15) is 18.0 Å². The maximum absolute atomic E-state index is 13.1. The van der Waals surface area contributed by atoms with Crippen molar-refractivity contribution in [1.82, 2.24) is 0 Å². The highest BCUT2D eigenvalue weighted by Gasteiger charge is 2.33. The van der Waals surface area contributed by atoms with Crippen LogP contribution in [-0.4, -0.2) is 23.0 Å². The number of rotatable bonds is 2. The highest BCUT2D eigenvalue weighted by atomic mass is 32.2. The number of amidine groups is 1. The van der Waals surface area contributed by atoms with Crippen LogP contribution in [0.15, 0.2) is 47.5 Å². The summed E-state index contributed by atoms with van der Waals surface area (Å²) < 4.78 is 39.4. The summed E-state index contributed by atoms with van der Waals surface area (Å²) in [6, 6.07) is 9.62. The summed E-state index contributed by atoms with van der Waals surface area (Å²) in [5, 5.41) is 3.30. The Morgan fingerprint density at radius 2 is 1.93 bits per heavy atom. The van der Waals surface area contributed by atoms with Crippen molar-refractivity contribution >= 4 is 34.3 Å². The molecule has 2 amide bonds. The highest BCUT2D eigenvalue weighted by molar-refractivity contribution is 8.15. The Kier molecular flexibility index (Phi) is 5.69. The van der Waals surface area contributed by atoms with Gasteiger partial charge in [-0.3, -0.25) is 4.99 Å². The van der Waals surface area contributed by atoms with E-state index < -0.39 is 17.8 Å². The number of aryl methyl sites for hydroxylation is 2. The van der Waals surface area contributed by atoms with E-state index in [1.54, 1.807) is 6.07 Å². The molecule has 0 fully saturated rings. The molecular weight excluding hydrogens is 387 g/mol. The number of amides is 2. The molecule has 2 aromatic carbocycles. The lowest BCUT2D eigenvalue weighted by Crippen LogP contribution is -2.38. The number of halogens is 3. The smallest absolute Gasteiger partial charge is 0.307 e. The summed E-state index contributed by atoms with van der Waals surface area (Å²) in [5.74, 6) is 0. The number of aliphatic imine (C=N–C) groups is 1. The molecule has 148 valence electrons. The monoisotopic (exact) mass is 407 g/mol. The molecule has 1 unspecified atom stereocenters. The second kappa shape index (κ2) is 7.87. The van der Waals surface area contributed by atoms with Gasteiger partial charge in [-0.2, -0.15) is 13.2 Å². The molecule has 0 radical (unpaired) electrons. The number of thioether (sulfide) groups is 1. The van der Waals surface area contributed by atoms with E-state index in [1.807, 2.05) is 32.9 Å². The minimum atomic E-state index is -4.50. The van der Waals surface area contributed by atoms with Gasteiger partial charge in [0.1, 0.15) is 0 Å². The lowest BCUT2D eigenvalue weighted by Gasteiger charge is -2.24. The first-order chi connectivity index (χ1) is 13.1. The van der Waals surface area contributed by atoms with Crippen molar-refractivity contribution in [2.75, 3.05) is 16.8 Å². The minimum Gasteiger partial charge on any atom is -0.307 e. The van der Waals surface area contributed by atoms with Crippen LogP contribution in [0, 0.1) is 13.8 Å². The quantitative estimate of drug-likeness (QED) is 0.678. The summed E-state index contributed by atoms with van der Waals surface area (Å²) in [4.78, 5) is 18.6. The Morgan fingerprint density at radius 1 is 1.18 bits per heavy atom. The maximum atomic E-state index is 13.1. The van der Waals surface area contributed by atoms with Gasteiger partial charge < -0.3 is 5.32 Å². The third-order valence-corrected chi connectivity index (χ3v) is 5.45. The van der Waals surface area contributed by atoms with Crippen LogP contribution in [0.3, 0.4) is 0 Å². The van der Waals surface area contributed by atoms with E-state index in [0.29, 0.717) is 17.4 Å². The molecule has 0 aromatic heterocycles. The van der Waals surface area contributed by atoms with Crippen molar-refractivity contribution in [2.45, 2.75) is 32.2 Å². The molecule has 8 heteroatoms. The first kappa shape index (κ1) is 20.3. The Morgan fingerprint density at radius 3 is 2.54 bits per heavy atom. The molecule has 28 heavy (non-hydrogen) atoms. The standard InChI is InChI=1S/C20H20F3N3OS/c1-12-7-8-16(9-13(12)2)25-18(27)26(19-24-11-14(3)28-19)17-6-4-5-15(10-17)20(21,22)23/h4-10,14H,11H2,1-3H3,(H,25,27). The molecule has 1 heterocycles. The van der Waals surface area contributed by atoms with E-state index in [4.69, 9.17) is 0 Å². The van der Waals surface area contributed by atoms with E-state index in [0.717, 1.165) is 23.3 Å². The largest absolute Gasteiger partial charge is 0.416 e. The number of benzene rings is 2. The fourth-order valence-corrected chi connectivity index (χ4v) is 3.67. The number of nitrogens with zero attached hydrogens (tertiary/aromatic N) is 2. The zero-order valence-electron chi connectivity index (χ0n) is 15.7. The van der Waals surface area contributed by atoms with Crippen LogP contribution in [-0.2, 0) is 6.18 Å². The van der Waals surface area contributed by atoms with Crippen molar-refractivity contribution in [1.29, 1.82) is 0 Å².